The van der Waals surface area contributed by atoms with Gasteiger partial charge in [0.05, 0.1) is 6.42 Å². The van der Waals surface area contributed by atoms with Crippen molar-refractivity contribution in [2.24, 2.45) is 11.1 Å². The van der Waals surface area contributed by atoms with Crippen molar-refractivity contribution in [2.45, 2.75) is 58.4 Å². The van der Waals surface area contributed by atoms with Crippen molar-refractivity contribution in [1.82, 2.24) is 0 Å². The first kappa shape index (κ1) is 16.3. The van der Waals surface area contributed by atoms with Crippen molar-refractivity contribution in [3.8, 4) is 0 Å². The molecule has 0 amide bonds. The minimum atomic E-state index is -0.727. The molecule has 1 aliphatic rings. The summed E-state index contributed by atoms with van der Waals surface area (Å²) in [6, 6.07) is 3.80. The van der Waals surface area contributed by atoms with Gasteiger partial charge in [0.15, 0.2) is 0 Å². The summed E-state index contributed by atoms with van der Waals surface area (Å²) in [6.07, 6.45) is 5.01. The molecule has 116 valence electrons. The number of rotatable bonds is 5. The molecule has 1 atom stereocenters. The van der Waals surface area contributed by atoms with Crippen molar-refractivity contribution < 1.29 is 9.90 Å². The maximum atomic E-state index is 11.2. The molecule has 0 heterocycles. The van der Waals surface area contributed by atoms with Gasteiger partial charge in [-0.2, -0.15) is 0 Å². The molecule has 0 spiro atoms. The SMILES string of the molecule is Cc1cc(Cl)c(C(N)CC2(CC(=O)O)CCCC2)cc1C. The summed E-state index contributed by atoms with van der Waals surface area (Å²) in [4.78, 5) is 11.2. The number of hydrogen-bond donors (Lipinski definition) is 2. The fourth-order valence-corrected chi connectivity index (χ4v) is 3.92. The molecule has 0 radical (unpaired) electrons. The Morgan fingerprint density at radius 1 is 1.33 bits per heavy atom. The summed E-state index contributed by atoms with van der Waals surface area (Å²) in [5, 5.41) is 9.88. The minimum Gasteiger partial charge on any atom is -0.481 e. The van der Waals surface area contributed by atoms with Gasteiger partial charge >= 0.3 is 5.97 Å². The molecule has 2 rings (SSSR count). The number of aliphatic carboxylic acids is 1. The van der Waals surface area contributed by atoms with E-state index in [-0.39, 0.29) is 17.9 Å². The second-order valence-corrected chi connectivity index (χ2v) is 6.95. The van der Waals surface area contributed by atoms with Gasteiger partial charge in [-0.3, -0.25) is 4.79 Å². The summed E-state index contributed by atoms with van der Waals surface area (Å²) >= 11 is 6.34. The molecule has 1 aromatic carbocycles. The van der Waals surface area contributed by atoms with Crippen molar-refractivity contribution >= 4 is 17.6 Å². The monoisotopic (exact) mass is 309 g/mol. The van der Waals surface area contributed by atoms with Crippen LogP contribution in [0.3, 0.4) is 0 Å². The Morgan fingerprint density at radius 2 is 1.90 bits per heavy atom. The number of halogens is 1. The zero-order chi connectivity index (χ0) is 15.6. The molecule has 0 saturated heterocycles. The van der Waals surface area contributed by atoms with Crippen molar-refractivity contribution in [3.05, 3.63) is 33.8 Å². The number of nitrogens with two attached hydrogens (primary N) is 1. The van der Waals surface area contributed by atoms with Crippen LogP contribution < -0.4 is 5.73 Å². The standard InChI is InChI=1S/C17H24ClNO2/c1-11-7-13(14(18)8-12(11)2)15(19)9-17(10-16(20)21)5-3-4-6-17/h7-8,15H,3-6,9-10,19H2,1-2H3,(H,20,21). The summed E-state index contributed by atoms with van der Waals surface area (Å²) < 4.78 is 0. The molecule has 0 aromatic heterocycles. The van der Waals surface area contributed by atoms with Crippen molar-refractivity contribution in [2.75, 3.05) is 0 Å². The molecule has 0 aliphatic heterocycles. The number of carboxylic acid groups (broad SMARTS) is 1. The van der Waals surface area contributed by atoms with Gasteiger partial charge in [-0.15, -0.1) is 0 Å². The highest BCUT2D eigenvalue weighted by Crippen LogP contribution is 2.47. The topological polar surface area (TPSA) is 63.3 Å². The lowest BCUT2D eigenvalue weighted by molar-refractivity contribution is -0.139. The van der Waals surface area contributed by atoms with Crippen LogP contribution >= 0.6 is 11.6 Å². The number of carboxylic acids is 1. The second kappa shape index (κ2) is 6.37. The highest BCUT2D eigenvalue weighted by atomic mass is 35.5. The summed E-state index contributed by atoms with van der Waals surface area (Å²) in [5.74, 6) is -0.727. The maximum absolute atomic E-state index is 11.2. The van der Waals surface area contributed by atoms with E-state index in [1.165, 1.54) is 5.56 Å². The summed E-state index contributed by atoms with van der Waals surface area (Å²) in [6.45, 7) is 4.07. The average Bonchev–Trinajstić information content (AvgIpc) is 2.80. The molecule has 1 aliphatic carbocycles. The largest absolute Gasteiger partial charge is 0.481 e. The van der Waals surface area contributed by atoms with Gasteiger partial charge in [0.2, 0.25) is 0 Å². The molecular formula is C17H24ClNO2. The lowest BCUT2D eigenvalue weighted by Gasteiger charge is -2.31. The van der Waals surface area contributed by atoms with Crippen LogP contribution in [0.5, 0.6) is 0 Å². The fourth-order valence-electron chi connectivity index (χ4n) is 3.56. The first-order chi connectivity index (χ1) is 9.83. The molecule has 1 fully saturated rings. The normalized spacial score (nSPS) is 18.7. The van der Waals surface area contributed by atoms with Crippen LogP contribution in [0, 0.1) is 19.3 Å². The predicted molar refractivity (Wildman–Crippen MR) is 85.6 cm³/mol. The third-order valence-corrected chi connectivity index (χ3v) is 5.18. The van der Waals surface area contributed by atoms with Gasteiger partial charge in [-0.1, -0.05) is 30.5 Å². The molecular weight excluding hydrogens is 286 g/mol. The van der Waals surface area contributed by atoms with Gasteiger partial charge in [0, 0.05) is 11.1 Å². The molecule has 0 bridgehead atoms. The van der Waals surface area contributed by atoms with E-state index in [2.05, 4.69) is 0 Å². The highest BCUT2D eigenvalue weighted by Gasteiger charge is 2.37. The van der Waals surface area contributed by atoms with E-state index in [1.54, 1.807) is 0 Å². The Bertz CT molecular complexity index is 536. The van der Waals surface area contributed by atoms with Crippen LogP contribution in [0.15, 0.2) is 12.1 Å². The first-order valence-electron chi connectivity index (χ1n) is 7.57. The van der Waals surface area contributed by atoms with E-state index in [0.717, 1.165) is 36.8 Å². The minimum absolute atomic E-state index is 0.159. The summed E-state index contributed by atoms with van der Waals surface area (Å²) in [7, 11) is 0. The van der Waals surface area contributed by atoms with Crippen LogP contribution in [-0.2, 0) is 4.79 Å². The van der Waals surface area contributed by atoms with Gasteiger partial charge in [-0.25, -0.2) is 0 Å². The van der Waals surface area contributed by atoms with E-state index < -0.39 is 5.97 Å². The van der Waals surface area contributed by atoms with Gasteiger partial charge in [0.1, 0.15) is 0 Å². The second-order valence-electron chi connectivity index (χ2n) is 6.55. The van der Waals surface area contributed by atoms with Crippen LogP contribution in [0.2, 0.25) is 5.02 Å². The van der Waals surface area contributed by atoms with E-state index in [9.17, 15) is 9.90 Å². The van der Waals surface area contributed by atoms with E-state index in [1.807, 2.05) is 26.0 Å². The van der Waals surface area contributed by atoms with Crippen molar-refractivity contribution in [1.29, 1.82) is 0 Å². The van der Waals surface area contributed by atoms with E-state index in [4.69, 9.17) is 17.3 Å². The summed E-state index contributed by atoms with van der Waals surface area (Å²) in [5.41, 5.74) is 9.48. The predicted octanol–water partition coefficient (Wildman–Crippen LogP) is 4.38. The van der Waals surface area contributed by atoms with E-state index >= 15 is 0 Å². The van der Waals surface area contributed by atoms with Crippen LogP contribution in [0.25, 0.3) is 0 Å². The molecule has 4 heteroatoms. The lowest BCUT2D eigenvalue weighted by Crippen LogP contribution is -2.27. The van der Waals surface area contributed by atoms with Crippen molar-refractivity contribution in [3.63, 3.8) is 0 Å². The maximum Gasteiger partial charge on any atom is 0.303 e. The molecule has 1 aromatic rings. The van der Waals surface area contributed by atoms with Crippen LogP contribution in [-0.4, -0.2) is 11.1 Å². The third kappa shape index (κ3) is 3.78. The molecule has 21 heavy (non-hydrogen) atoms. The zero-order valence-corrected chi connectivity index (χ0v) is 13.5. The smallest absolute Gasteiger partial charge is 0.303 e. The van der Waals surface area contributed by atoms with Gasteiger partial charge in [-0.05, 0) is 61.3 Å². The Morgan fingerprint density at radius 3 is 2.48 bits per heavy atom. The van der Waals surface area contributed by atoms with Crippen LogP contribution in [0.1, 0.15) is 61.3 Å². The Balaban J connectivity index is 2.21. The Hall–Kier alpha value is -1.06. The van der Waals surface area contributed by atoms with Crippen LogP contribution in [0.4, 0.5) is 0 Å². The number of carbonyl (C=O) groups is 1. The fraction of sp³-hybridized carbons (Fsp3) is 0.588. The Labute approximate surface area is 131 Å². The quantitative estimate of drug-likeness (QED) is 0.848. The van der Waals surface area contributed by atoms with E-state index in [0.29, 0.717) is 11.4 Å². The zero-order valence-electron chi connectivity index (χ0n) is 12.8. The lowest BCUT2D eigenvalue weighted by atomic mass is 9.76. The van der Waals surface area contributed by atoms with Gasteiger partial charge in [0.25, 0.3) is 0 Å². The first-order valence-corrected chi connectivity index (χ1v) is 7.95. The number of aryl methyl sites for hydroxylation is 2. The molecule has 3 nitrogen and oxygen atoms in total. The number of hydrogen-bond acceptors (Lipinski definition) is 2. The molecule has 1 saturated carbocycles. The molecule has 1 unspecified atom stereocenters. The van der Waals surface area contributed by atoms with Gasteiger partial charge < -0.3 is 10.8 Å². The molecule has 3 N–H and O–H groups in total. The third-order valence-electron chi connectivity index (χ3n) is 4.86. The average molecular weight is 310 g/mol. The highest BCUT2D eigenvalue weighted by molar-refractivity contribution is 6.31. The number of benzene rings is 1. The Kier molecular flexibility index (Phi) is 4.95.